The lowest BCUT2D eigenvalue weighted by Gasteiger charge is -2.12. The predicted octanol–water partition coefficient (Wildman–Crippen LogP) is 2.63. The quantitative estimate of drug-likeness (QED) is 0.803. The van der Waals surface area contributed by atoms with Crippen LogP contribution in [0.25, 0.3) is 0 Å². The van der Waals surface area contributed by atoms with Crippen LogP contribution in [0.2, 0.25) is 0 Å². The first kappa shape index (κ1) is 15.0. The van der Waals surface area contributed by atoms with Gasteiger partial charge in [-0.1, -0.05) is 38.1 Å². The third-order valence-electron chi connectivity index (χ3n) is 4.24. The topological polar surface area (TPSA) is 49.3 Å². The summed E-state index contributed by atoms with van der Waals surface area (Å²) in [5, 5.41) is 12.1. The Kier molecular flexibility index (Phi) is 4.81. The molecule has 1 aromatic rings. The summed E-state index contributed by atoms with van der Waals surface area (Å²) in [6, 6.07) is 8.50. The summed E-state index contributed by atoms with van der Waals surface area (Å²) in [7, 11) is 0. The van der Waals surface area contributed by atoms with Gasteiger partial charge in [-0.05, 0) is 36.3 Å². The smallest absolute Gasteiger partial charge is 0.220 e. The van der Waals surface area contributed by atoms with Crippen LogP contribution in [0, 0.1) is 5.41 Å². The maximum absolute atomic E-state index is 11.8. The van der Waals surface area contributed by atoms with Crippen LogP contribution in [0.4, 0.5) is 0 Å². The summed E-state index contributed by atoms with van der Waals surface area (Å²) in [5.74, 6) is 0.623. The van der Waals surface area contributed by atoms with E-state index in [0.29, 0.717) is 18.9 Å². The van der Waals surface area contributed by atoms with Gasteiger partial charge < -0.3 is 10.4 Å². The fourth-order valence-corrected chi connectivity index (χ4v) is 2.27. The Morgan fingerprint density at radius 2 is 1.95 bits per heavy atom. The standard InChI is InChI=1S/C17H25NO2/c1-13(2)15-6-3-14(4-7-15)5-8-16(20)18-11-17(12-19)9-10-17/h3-4,6-7,13,19H,5,8-12H2,1-2H3,(H,18,20). The van der Waals surface area contributed by atoms with Crippen molar-refractivity contribution in [1.82, 2.24) is 5.32 Å². The van der Waals surface area contributed by atoms with Crippen LogP contribution in [0.3, 0.4) is 0 Å². The van der Waals surface area contributed by atoms with Crippen LogP contribution in [-0.4, -0.2) is 24.2 Å². The Labute approximate surface area is 121 Å². The number of rotatable bonds is 7. The lowest BCUT2D eigenvalue weighted by atomic mass is 10.0. The zero-order valence-corrected chi connectivity index (χ0v) is 12.5. The number of aryl methyl sites for hydroxylation is 1. The molecule has 110 valence electrons. The molecule has 0 heterocycles. The van der Waals surface area contributed by atoms with Crippen molar-refractivity contribution in [3.8, 4) is 0 Å². The molecule has 0 spiro atoms. The van der Waals surface area contributed by atoms with E-state index in [-0.39, 0.29) is 17.9 Å². The number of aliphatic hydroxyl groups excluding tert-OH is 1. The first-order valence-corrected chi connectivity index (χ1v) is 7.51. The number of carbonyl (C=O) groups is 1. The number of aliphatic hydroxyl groups is 1. The van der Waals surface area contributed by atoms with E-state index in [1.165, 1.54) is 11.1 Å². The van der Waals surface area contributed by atoms with Crippen LogP contribution in [0.5, 0.6) is 0 Å². The van der Waals surface area contributed by atoms with Gasteiger partial charge in [-0.15, -0.1) is 0 Å². The Hall–Kier alpha value is -1.35. The van der Waals surface area contributed by atoms with E-state index in [2.05, 4.69) is 43.4 Å². The summed E-state index contributed by atoms with van der Waals surface area (Å²) in [4.78, 5) is 11.8. The highest BCUT2D eigenvalue weighted by molar-refractivity contribution is 5.76. The highest BCUT2D eigenvalue weighted by Gasteiger charge is 2.41. The van der Waals surface area contributed by atoms with Crippen molar-refractivity contribution in [2.24, 2.45) is 5.41 Å². The Morgan fingerprint density at radius 1 is 1.30 bits per heavy atom. The molecular formula is C17H25NO2. The van der Waals surface area contributed by atoms with Crippen LogP contribution in [0.1, 0.15) is 50.2 Å². The molecule has 0 aliphatic heterocycles. The third-order valence-corrected chi connectivity index (χ3v) is 4.24. The molecule has 20 heavy (non-hydrogen) atoms. The molecule has 0 bridgehead atoms. The number of carbonyl (C=O) groups excluding carboxylic acids is 1. The van der Waals surface area contributed by atoms with Gasteiger partial charge in [0.15, 0.2) is 0 Å². The lowest BCUT2D eigenvalue weighted by Crippen LogP contribution is -2.31. The predicted molar refractivity (Wildman–Crippen MR) is 80.6 cm³/mol. The van der Waals surface area contributed by atoms with Crippen LogP contribution in [-0.2, 0) is 11.2 Å². The van der Waals surface area contributed by atoms with E-state index in [4.69, 9.17) is 0 Å². The molecule has 1 aliphatic carbocycles. The fraction of sp³-hybridized carbons (Fsp3) is 0.588. The number of benzene rings is 1. The van der Waals surface area contributed by atoms with E-state index >= 15 is 0 Å². The monoisotopic (exact) mass is 275 g/mol. The van der Waals surface area contributed by atoms with Crippen molar-refractivity contribution in [3.05, 3.63) is 35.4 Å². The molecule has 2 N–H and O–H groups in total. The number of hydrogen-bond donors (Lipinski definition) is 2. The summed E-state index contributed by atoms with van der Waals surface area (Å²) in [6.07, 6.45) is 3.35. The minimum atomic E-state index is -0.00538. The summed E-state index contributed by atoms with van der Waals surface area (Å²) >= 11 is 0. The molecule has 0 radical (unpaired) electrons. The van der Waals surface area contributed by atoms with Gasteiger partial charge >= 0.3 is 0 Å². The van der Waals surface area contributed by atoms with Gasteiger partial charge in [-0.2, -0.15) is 0 Å². The summed E-state index contributed by atoms with van der Waals surface area (Å²) < 4.78 is 0. The van der Waals surface area contributed by atoms with E-state index in [1.807, 2.05) is 0 Å². The van der Waals surface area contributed by atoms with Gasteiger partial charge in [0.05, 0.1) is 6.61 Å². The van der Waals surface area contributed by atoms with Crippen LogP contribution >= 0.6 is 0 Å². The van der Waals surface area contributed by atoms with Crippen molar-refractivity contribution in [3.63, 3.8) is 0 Å². The summed E-state index contributed by atoms with van der Waals surface area (Å²) in [6.45, 7) is 5.16. The second-order valence-electron chi connectivity index (χ2n) is 6.33. The molecule has 1 amide bonds. The Balaban J connectivity index is 1.72. The second kappa shape index (κ2) is 6.40. The van der Waals surface area contributed by atoms with Crippen molar-refractivity contribution in [1.29, 1.82) is 0 Å². The molecule has 1 aliphatic rings. The number of amides is 1. The van der Waals surface area contributed by atoms with E-state index < -0.39 is 0 Å². The lowest BCUT2D eigenvalue weighted by molar-refractivity contribution is -0.121. The van der Waals surface area contributed by atoms with Crippen LogP contribution in [0.15, 0.2) is 24.3 Å². The number of hydrogen-bond acceptors (Lipinski definition) is 2. The zero-order valence-electron chi connectivity index (χ0n) is 12.5. The van der Waals surface area contributed by atoms with E-state index in [0.717, 1.165) is 19.3 Å². The zero-order chi connectivity index (χ0) is 14.6. The minimum Gasteiger partial charge on any atom is -0.396 e. The Bertz CT molecular complexity index is 447. The second-order valence-corrected chi connectivity index (χ2v) is 6.33. The molecule has 2 rings (SSSR count). The minimum absolute atomic E-state index is 0.00538. The maximum Gasteiger partial charge on any atom is 0.220 e. The molecule has 3 nitrogen and oxygen atoms in total. The van der Waals surface area contributed by atoms with Gasteiger partial charge in [0.25, 0.3) is 0 Å². The first-order chi connectivity index (χ1) is 9.54. The van der Waals surface area contributed by atoms with Gasteiger partial charge in [0.1, 0.15) is 0 Å². The van der Waals surface area contributed by atoms with Gasteiger partial charge in [-0.3, -0.25) is 4.79 Å². The first-order valence-electron chi connectivity index (χ1n) is 7.51. The number of nitrogens with one attached hydrogen (secondary N) is 1. The van der Waals surface area contributed by atoms with Crippen molar-refractivity contribution < 1.29 is 9.90 Å². The largest absolute Gasteiger partial charge is 0.396 e. The van der Waals surface area contributed by atoms with E-state index in [9.17, 15) is 9.90 Å². The third kappa shape index (κ3) is 4.07. The van der Waals surface area contributed by atoms with Gasteiger partial charge in [0, 0.05) is 18.4 Å². The fourth-order valence-electron chi connectivity index (χ4n) is 2.27. The van der Waals surface area contributed by atoms with Gasteiger partial charge in [0.2, 0.25) is 5.91 Å². The van der Waals surface area contributed by atoms with E-state index in [1.54, 1.807) is 0 Å². The maximum atomic E-state index is 11.8. The van der Waals surface area contributed by atoms with Crippen LogP contribution < -0.4 is 5.32 Å². The molecule has 0 aromatic heterocycles. The Morgan fingerprint density at radius 3 is 2.45 bits per heavy atom. The highest BCUT2D eigenvalue weighted by Crippen LogP contribution is 2.44. The highest BCUT2D eigenvalue weighted by atomic mass is 16.3. The SMILES string of the molecule is CC(C)c1ccc(CCC(=O)NCC2(CO)CC2)cc1. The molecule has 1 fully saturated rings. The van der Waals surface area contributed by atoms with Crippen molar-refractivity contribution in [2.45, 2.75) is 45.4 Å². The molecule has 3 heteroatoms. The molecule has 0 saturated heterocycles. The van der Waals surface area contributed by atoms with Crippen molar-refractivity contribution in [2.75, 3.05) is 13.2 Å². The van der Waals surface area contributed by atoms with Gasteiger partial charge in [-0.25, -0.2) is 0 Å². The van der Waals surface area contributed by atoms with Crippen molar-refractivity contribution >= 4 is 5.91 Å². The molecule has 1 aromatic carbocycles. The molecular weight excluding hydrogens is 250 g/mol. The average molecular weight is 275 g/mol. The summed E-state index contributed by atoms with van der Waals surface area (Å²) in [5.41, 5.74) is 2.53. The normalized spacial score (nSPS) is 16.2. The molecule has 1 saturated carbocycles. The molecule has 0 atom stereocenters. The average Bonchev–Trinajstić information content (AvgIpc) is 3.24. The molecule has 0 unspecified atom stereocenters.